The lowest BCUT2D eigenvalue weighted by molar-refractivity contribution is 0.288. The number of hydrogen-bond acceptors (Lipinski definition) is 4. The van der Waals surface area contributed by atoms with E-state index in [1.54, 1.807) is 22.5 Å². The number of rotatable bonds is 4. The van der Waals surface area contributed by atoms with Gasteiger partial charge >= 0.3 is 0 Å². The molecule has 0 saturated carbocycles. The first-order valence-electron chi connectivity index (χ1n) is 9.77. The number of pyridine rings is 1. The normalized spacial score (nSPS) is 16.2. The second kappa shape index (κ2) is 7.94. The quantitative estimate of drug-likeness (QED) is 0.606. The second-order valence-electron chi connectivity index (χ2n) is 7.73. The number of hydrogen-bond donors (Lipinski definition) is 1. The molecule has 0 bridgehead atoms. The van der Waals surface area contributed by atoms with E-state index < -0.39 is 10.0 Å². The minimum Gasteiger partial charge on any atom is -0.340 e. The van der Waals surface area contributed by atoms with Gasteiger partial charge in [-0.05, 0) is 73.7 Å². The Morgan fingerprint density at radius 2 is 1.83 bits per heavy atom. The van der Waals surface area contributed by atoms with Gasteiger partial charge in [0.1, 0.15) is 5.82 Å². The van der Waals surface area contributed by atoms with Crippen molar-refractivity contribution >= 4 is 44.0 Å². The number of aryl methyl sites for hydroxylation is 1. The van der Waals surface area contributed by atoms with Crippen LogP contribution in [0.15, 0.2) is 53.4 Å². The molecule has 0 aliphatic carbocycles. The molecule has 0 amide bonds. The summed E-state index contributed by atoms with van der Waals surface area (Å²) in [5.74, 6) is 1.26. The Kier molecular flexibility index (Phi) is 5.51. The predicted octanol–water partition coefficient (Wildman–Crippen LogP) is 5.36. The van der Waals surface area contributed by atoms with Crippen molar-refractivity contribution < 1.29 is 8.42 Å². The summed E-state index contributed by atoms with van der Waals surface area (Å²) < 4.78 is 27.6. The highest BCUT2D eigenvalue weighted by Gasteiger charge is 2.28. The zero-order valence-corrected chi connectivity index (χ0v) is 18.1. The fourth-order valence-electron chi connectivity index (χ4n) is 3.53. The number of piperidine rings is 1. The standard InChI is InChI=1S/C22H24ClN3O2S/c1-15-9-11-26(12-10-15)29(27,28)19-6-7-21-17(13-19)4-8-22(25-21)24-18-5-3-16(2)20(23)14-18/h3-8,13-15H,9-12H2,1-2H3,(H,24,25). The van der Waals surface area contributed by atoms with Crippen LogP contribution in [0.3, 0.4) is 0 Å². The molecule has 0 atom stereocenters. The molecule has 1 aromatic heterocycles. The minimum absolute atomic E-state index is 0.326. The topological polar surface area (TPSA) is 62.3 Å². The number of anilines is 2. The molecular weight excluding hydrogens is 406 g/mol. The van der Waals surface area contributed by atoms with E-state index in [2.05, 4.69) is 17.2 Å². The number of nitrogens with zero attached hydrogens (tertiary/aromatic N) is 2. The molecule has 0 spiro atoms. The van der Waals surface area contributed by atoms with Gasteiger partial charge in [-0.1, -0.05) is 24.6 Å². The van der Waals surface area contributed by atoms with Crippen LogP contribution in [-0.4, -0.2) is 30.8 Å². The zero-order valence-electron chi connectivity index (χ0n) is 16.5. The Labute approximate surface area is 176 Å². The van der Waals surface area contributed by atoms with Gasteiger partial charge in [0, 0.05) is 29.2 Å². The van der Waals surface area contributed by atoms with Crippen LogP contribution in [0.1, 0.15) is 25.3 Å². The summed E-state index contributed by atoms with van der Waals surface area (Å²) in [5.41, 5.74) is 2.60. The predicted molar refractivity (Wildman–Crippen MR) is 118 cm³/mol. The van der Waals surface area contributed by atoms with Gasteiger partial charge < -0.3 is 5.32 Å². The van der Waals surface area contributed by atoms with Crippen molar-refractivity contribution in [2.45, 2.75) is 31.6 Å². The van der Waals surface area contributed by atoms with Crippen molar-refractivity contribution in [3.05, 3.63) is 59.1 Å². The molecule has 7 heteroatoms. The van der Waals surface area contributed by atoms with Crippen LogP contribution in [0.5, 0.6) is 0 Å². The third kappa shape index (κ3) is 4.25. The van der Waals surface area contributed by atoms with Crippen molar-refractivity contribution in [3.8, 4) is 0 Å². The van der Waals surface area contributed by atoms with E-state index in [-0.39, 0.29) is 0 Å². The summed E-state index contributed by atoms with van der Waals surface area (Å²) in [6.07, 6.45) is 1.82. The maximum atomic E-state index is 13.0. The van der Waals surface area contributed by atoms with E-state index in [0.29, 0.717) is 34.7 Å². The summed E-state index contributed by atoms with van der Waals surface area (Å²) in [5, 5.41) is 4.73. The van der Waals surface area contributed by atoms with E-state index in [1.807, 2.05) is 37.3 Å². The molecule has 1 fully saturated rings. The molecule has 1 N–H and O–H groups in total. The van der Waals surface area contributed by atoms with Crippen molar-refractivity contribution in [1.29, 1.82) is 0 Å². The lowest BCUT2D eigenvalue weighted by Crippen LogP contribution is -2.37. The van der Waals surface area contributed by atoms with Gasteiger partial charge in [-0.3, -0.25) is 0 Å². The third-order valence-electron chi connectivity index (χ3n) is 5.49. The average Bonchev–Trinajstić information content (AvgIpc) is 2.70. The zero-order chi connectivity index (χ0) is 20.6. The molecule has 1 saturated heterocycles. The molecule has 0 unspecified atom stereocenters. The smallest absolute Gasteiger partial charge is 0.243 e. The van der Waals surface area contributed by atoms with Crippen molar-refractivity contribution in [1.82, 2.24) is 9.29 Å². The number of sulfonamides is 1. The summed E-state index contributed by atoms with van der Waals surface area (Å²) in [6.45, 7) is 5.29. The number of aromatic nitrogens is 1. The minimum atomic E-state index is -3.47. The van der Waals surface area contributed by atoms with Gasteiger partial charge in [-0.2, -0.15) is 4.31 Å². The Hall–Kier alpha value is -2.15. The largest absolute Gasteiger partial charge is 0.340 e. The molecular formula is C22H24ClN3O2S. The fourth-order valence-corrected chi connectivity index (χ4v) is 5.21. The lowest BCUT2D eigenvalue weighted by atomic mass is 10.0. The van der Waals surface area contributed by atoms with Crippen LogP contribution in [0.4, 0.5) is 11.5 Å². The number of halogens is 1. The molecule has 2 aromatic carbocycles. The first-order chi connectivity index (χ1) is 13.8. The first-order valence-corrected chi connectivity index (χ1v) is 11.6. The molecule has 3 aromatic rings. The van der Waals surface area contributed by atoms with Crippen LogP contribution in [0.2, 0.25) is 5.02 Å². The van der Waals surface area contributed by atoms with Crippen LogP contribution >= 0.6 is 11.6 Å². The molecule has 4 rings (SSSR count). The average molecular weight is 430 g/mol. The molecule has 1 aliphatic rings. The highest BCUT2D eigenvalue weighted by molar-refractivity contribution is 7.89. The van der Waals surface area contributed by atoms with Gasteiger partial charge in [0.25, 0.3) is 0 Å². The van der Waals surface area contributed by atoms with E-state index in [9.17, 15) is 8.42 Å². The van der Waals surface area contributed by atoms with Gasteiger partial charge in [-0.25, -0.2) is 13.4 Å². The van der Waals surface area contributed by atoms with Crippen LogP contribution in [0, 0.1) is 12.8 Å². The summed E-state index contributed by atoms with van der Waals surface area (Å²) in [4.78, 5) is 4.93. The van der Waals surface area contributed by atoms with Gasteiger partial charge in [0.2, 0.25) is 10.0 Å². The van der Waals surface area contributed by atoms with Crippen molar-refractivity contribution in [2.75, 3.05) is 18.4 Å². The molecule has 29 heavy (non-hydrogen) atoms. The van der Waals surface area contributed by atoms with Gasteiger partial charge in [0.05, 0.1) is 10.4 Å². The Balaban J connectivity index is 1.59. The highest BCUT2D eigenvalue weighted by Crippen LogP contribution is 2.27. The second-order valence-corrected chi connectivity index (χ2v) is 10.1. The van der Waals surface area contributed by atoms with Crippen LogP contribution in [-0.2, 0) is 10.0 Å². The van der Waals surface area contributed by atoms with Crippen LogP contribution in [0.25, 0.3) is 10.9 Å². The summed E-state index contributed by atoms with van der Waals surface area (Å²) >= 11 is 6.19. The Bertz CT molecular complexity index is 1160. The Morgan fingerprint density at radius 1 is 1.07 bits per heavy atom. The van der Waals surface area contributed by atoms with Crippen LogP contribution < -0.4 is 5.32 Å². The van der Waals surface area contributed by atoms with Crippen molar-refractivity contribution in [3.63, 3.8) is 0 Å². The molecule has 152 valence electrons. The first kappa shape index (κ1) is 20.1. The number of fused-ring (bicyclic) bond motifs is 1. The van der Waals surface area contributed by atoms with E-state index >= 15 is 0 Å². The molecule has 2 heterocycles. The molecule has 1 aliphatic heterocycles. The summed E-state index contributed by atoms with van der Waals surface area (Å²) in [7, 11) is -3.47. The SMILES string of the molecule is Cc1ccc(Nc2ccc3cc(S(=O)(=O)N4CCC(C)CC4)ccc3n2)cc1Cl. The van der Waals surface area contributed by atoms with E-state index in [1.165, 1.54) is 0 Å². The Morgan fingerprint density at radius 3 is 2.55 bits per heavy atom. The van der Waals surface area contributed by atoms with Crippen molar-refractivity contribution in [2.24, 2.45) is 5.92 Å². The van der Waals surface area contributed by atoms with E-state index in [4.69, 9.17) is 11.6 Å². The highest BCUT2D eigenvalue weighted by atomic mass is 35.5. The van der Waals surface area contributed by atoms with Gasteiger partial charge in [-0.15, -0.1) is 0 Å². The molecule has 5 nitrogen and oxygen atoms in total. The number of benzene rings is 2. The lowest BCUT2D eigenvalue weighted by Gasteiger charge is -2.29. The maximum Gasteiger partial charge on any atom is 0.243 e. The van der Waals surface area contributed by atoms with Gasteiger partial charge in [0.15, 0.2) is 0 Å². The number of nitrogens with one attached hydrogen (secondary N) is 1. The molecule has 0 radical (unpaired) electrons. The monoisotopic (exact) mass is 429 g/mol. The third-order valence-corrected chi connectivity index (χ3v) is 7.79. The maximum absolute atomic E-state index is 13.0. The summed E-state index contributed by atoms with van der Waals surface area (Å²) in [6, 6.07) is 14.6. The van der Waals surface area contributed by atoms with E-state index in [0.717, 1.165) is 35.0 Å². The fraction of sp³-hybridized carbons (Fsp3) is 0.318.